The SMILES string of the molecule is Nc1cc(Cl)ccc1C(=O)c1cccc2ccsc12. The van der Waals surface area contributed by atoms with Gasteiger partial charge in [-0.15, -0.1) is 11.3 Å². The van der Waals surface area contributed by atoms with Gasteiger partial charge in [-0.25, -0.2) is 0 Å². The predicted molar refractivity (Wildman–Crippen MR) is 81.1 cm³/mol. The Bertz CT molecular complexity index is 779. The number of nitrogen functional groups attached to an aromatic ring is 1. The van der Waals surface area contributed by atoms with Gasteiger partial charge in [-0.1, -0.05) is 23.7 Å². The van der Waals surface area contributed by atoms with Crippen LogP contribution in [0.1, 0.15) is 15.9 Å². The van der Waals surface area contributed by atoms with Crippen LogP contribution in [0, 0.1) is 0 Å². The van der Waals surface area contributed by atoms with Crippen LogP contribution in [0.4, 0.5) is 5.69 Å². The number of fused-ring (bicyclic) bond motifs is 1. The molecule has 1 heterocycles. The van der Waals surface area contributed by atoms with E-state index < -0.39 is 0 Å². The molecule has 0 saturated heterocycles. The van der Waals surface area contributed by atoms with Crippen molar-refractivity contribution in [2.75, 3.05) is 5.73 Å². The first-order valence-electron chi connectivity index (χ1n) is 5.73. The van der Waals surface area contributed by atoms with E-state index in [9.17, 15) is 4.79 Å². The molecule has 1 aromatic heterocycles. The number of thiophene rings is 1. The van der Waals surface area contributed by atoms with Crippen LogP contribution in [-0.4, -0.2) is 5.78 Å². The van der Waals surface area contributed by atoms with E-state index in [-0.39, 0.29) is 5.78 Å². The van der Waals surface area contributed by atoms with Gasteiger partial charge in [-0.05, 0) is 41.1 Å². The first kappa shape index (κ1) is 12.2. The molecule has 0 radical (unpaired) electrons. The molecule has 0 aliphatic carbocycles. The number of benzene rings is 2. The number of halogens is 1. The molecule has 0 aliphatic heterocycles. The van der Waals surface area contributed by atoms with E-state index >= 15 is 0 Å². The molecule has 4 heteroatoms. The summed E-state index contributed by atoms with van der Waals surface area (Å²) in [4.78, 5) is 12.6. The number of nitrogens with two attached hydrogens (primary N) is 1. The van der Waals surface area contributed by atoms with E-state index in [0.717, 1.165) is 10.1 Å². The largest absolute Gasteiger partial charge is 0.398 e. The molecule has 94 valence electrons. The lowest BCUT2D eigenvalue weighted by molar-refractivity contribution is 0.104. The number of rotatable bonds is 2. The molecule has 0 saturated carbocycles. The van der Waals surface area contributed by atoms with Gasteiger partial charge in [0.1, 0.15) is 0 Å². The molecule has 19 heavy (non-hydrogen) atoms. The zero-order valence-corrected chi connectivity index (χ0v) is 11.5. The average molecular weight is 288 g/mol. The Balaban J connectivity index is 2.16. The van der Waals surface area contributed by atoms with Gasteiger partial charge in [-0.2, -0.15) is 0 Å². The van der Waals surface area contributed by atoms with Crippen LogP contribution in [-0.2, 0) is 0 Å². The molecular formula is C15H10ClNOS. The summed E-state index contributed by atoms with van der Waals surface area (Å²) in [5.41, 5.74) is 7.46. The summed E-state index contributed by atoms with van der Waals surface area (Å²) in [6.45, 7) is 0. The van der Waals surface area contributed by atoms with E-state index in [2.05, 4.69) is 0 Å². The van der Waals surface area contributed by atoms with E-state index in [1.54, 1.807) is 29.5 Å². The number of anilines is 1. The third-order valence-electron chi connectivity index (χ3n) is 2.98. The van der Waals surface area contributed by atoms with Crippen molar-refractivity contribution in [3.63, 3.8) is 0 Å². The fraction of sp³-hybridized carbons (Fsp3) is 0. The van der Waals surface area contributed by atoms with Crippen LogP contribution in [0.5, 0.6) is 0 Å². The summed E-state index contributed by atoms with van der Waals surface area (Å²) < 4.78 is 0.988. The van der Waals surface area contributed by atoms with Crippen molar-refractivity contribution in [1.82, 2.24) is 0 Å². The van der Waals surface area contributed by atoms with Gasteiger partial charge in [-0.3, -0.25) is 4.79 Å². The Labute approximate surface area is 119 Å². The molecule has 0 aliphatic rings. The average Bonchev–Trinajstić information content (AvgIpc) is 2.86. The highest BCUT2D eigenvalue weighted by Gasteiger charge is 2.15. The highest BCUT2D eigenvalue weighted by Crippen LogP contribution is 2.28. The van der Waals surface area contributed by atoms with Crippen molar-refractivity contribution in [1.29, 1.82) is 0 Å². The summed E-state index contributed by atoms with van der Waals surface area (Å²) in [5.74, 6) is -0.0674. The maximum Gasteiger partial charge on any atom is 0.196 e. The molecule has 0 bridgehead atoms. The zero-order chi connectivity index (χ0) is 13.4. The number of carbonyl (C=O) groups is 1. The maximum atomic E-state index is 12.6. The molecule has 0 spiro atoms. The van der Waals surface area contributed by atoms with Crippen molar-refractivity contribution in [3.05, 3.63) is 64.0 Å². The first-order valence-corrected chi connectivity index (χ1v) is 6.98. The third-order valence-corrected chi connectivity index (χ3v) is 4.18. The molecule has 0 unspecified atom stereocenters. The molecule has 2 N–H and O–H groups in total. The smallest absolute Gasteiger partial charge is 0.196 e. The Morgan fingerprint density at radius 3 is 2.74 bits per heavy atom. The quantitative estimate of drug-likeness (QED) is 0.562. The lowest BCUT2D eigenvalue weighted by Crippen LogP contribution is -2.05. The maximum absolute atomic E-state index is 12.6. The highest BCUT2D eigenvalue weighted by atomic mass is 35.5. The fourth-order valence-electron chi connectivity index (χ4n) is 2.06. The summed E-state index contributed by atoms with van der Waals surface area (Å²) in [7, 11) is 0. The van der Waals surface area contributed by atoms with Gasteiger partial charge < -0.3 is 5.73 Å². The van der Waals surface area contributed by atoms with Gasteiger partial charge in [0.2, 0.25) is 0 Å². The standard InChI is InChI=1S/C15H10ClNOS/c16-10-4-5-11(13(17)8-10)14(18)12-3-1-2-9-6-7-19-15(9)12/h1-8H,17H2. The van der Waals surface area contributed by atoms with Crippen LogP contribution >= 0.6 is 22.9 Å². The number of carbonyl (C=O) groups excluding carboxylic acids is 1. The summed E-state index contributed by atoms with van der Waals surface area (Å²) >= 11 is 7.41. The summed E-state index contributed by atoms with van der Waals surface area (Å²) in [6.07, 6.45) is 0. The van der Waals surface area contributed by atoms with Gasteiger partial charge in [0.15, 0.2) is 5.78 Å². The lowest BCUT2D eigenvalue weighted by atomic mass is 10.0. The number of hydrogen-bond acceptors (Lipinski definition) is 3. The van der Waals surface area contributed by atoms with E-state index in [0.29, 0.717) is 21.8 Å². The second kappa shape index (κ2) is 4.68. The van der Waals surface area contributed by atoms with Crippen molar-refractivity contribution < 1.29 is 4.79 Å². The summed E-state index contributed by atoms with van der Waals surface area (Å²) in [6, 6.07) is 12.7. The van der Waals surface area contributed by atoms with Gasteiger partial charge in [0, 0.05) is 26.5 Å². The molecule has 2 aromatic carbocycles. The Kier molecular flexibility index (Phi) is 3.01. The van der Waals surface area contributed by atoms with Crippen LogP contribution in [0.15, 0.2) is 47.8 Å². The topological polar surface area (TPSA) is 43.1 Å². The highest BCUT2D eigenvalue weighted by molar-refractivity contribution is 7.17. The minimum Gasteiger partial charge on any atom is -0.398 e. The van der Waals surface area contributed by atoms with Crippen LogP contribution in [0.3, 0.4) is 0 Å². The fourth-order valence-corrected chi connectivity index (χ4v) is 3.15. The minimum atomic E-state index is -0.0674. The van der Waals surface area contributed by atoms with E-state index in [4.69, 9.17) is 17.3 Å². The Morgan fingerprint density at radius 2 is 1.95 bits per heavy atom. The molecule has 2 nitrogen and oxygen atoms in total. The Hall–Kier alpha value is -1.84. The molecule has 3 aromatic rings. The number of ketones is 1. The van der Waals surface area contributed by atoms with E-state index in [1.165, 1.54) is 0 Å². The van der Waals surface area contributed by atoms with Gasteiger partial charge in [0.05, 0.1) is 0 Å². The van der Waals surface area contributed by atoms with Crippen molar-refractivity contribution >= 4 is 44.5 Å². The lowest BCUT2D eigenvalue weighted by Gasteiger charge is -2.06. The van der Waals surface area contributed by atoms with Crippen LogP contribution in [0.25, 0.3) is 10.1 Å². The molecular weight excluding hydrogens is 278 g/mol. The van der Waals surface area contributed by atoms with Crippen molar-refractivity contribution in [2.45, 2.75) is 0 Å². The second-order valence-corrected chi connectivity index (χ2v) is 5.56. The zero-order valence-electron chi connectivity index (χ0n) is 9.89. The third kappa shape index (κ3) is 2.11. The van der Waals surface area contributed by atoms with Gasteiger partial charge >= 0.3 is 0 Å². The molecule has 0 fully saturated rings. The van der Waals surface area contributed by atoms with Crippen LogP contribution in [0.2, 0.25) is 5.02 Å². The monoisotopic (exact) mass is 287 g/mol. The second-order valence-electron chi connectivity index (χ2n) is 4.21. The van der Waals surface area contributed by atoms with Crippen molar-refractivity contribution in [3.8, 4) is 0 Å². The normalized spacial score (nSPS) is 10.8. The summed E-state index contributed by atoms with van der Waals surface area (Å²) in [5, 5.41) is 3.58. The molecule has 0 amide bonds. The van der Waals surface area contributed by atoms with Crippen molar-refractivity contribution in [2.24, 2.45) is 0 Å². The predicted octanol–water partition coefficient (Wildman–Crippen LogP) is 4.37. The number of hydrogen-bond donors (Lipinski definition) is 1. The minimum absolute atomic E-state index is 0.0674. The van der Waals surface area contributed by atoms with Crippen LogP contribution < -0.4 is 5.73 Å². The van der Waals surface area contributed by atoms with Gasteiger partial charge in [0.25, 0.3) is 0 Å². The first-order chi connectivity index (χ1) is 9.16. The van der Waals surface area contributed by atoms with E-state index in [1.807, 2.05) is 29.6 Å². The molecule has 3 rings (SSSR count). The molecule has 0 atom stereocenters. The Morgan fingerprint density at radius 1 is 1.11 bits per heavy atom.